The van der Waals surface area contributed by atoms with Gasteiger partial charge in [-0.1, -0.05) is 55.1 Å². The van der Waals surface area contributed by atoms with Crippen molar-refractivity contribution in [3.05, 3.63) is 58.1 Å². The molecule has 6 nitrogen and oxygen atoms in total. The second-order valence-electron chi connectivity index (χ2n) is 5.88. The van der Waals surface area contributed by atoms with Crippen LogP contribution >= 0.6 is 23.2 Å². The Morgan fingerprint density at radius 1 is 1.07 bits per heavy atom. The number of unbranched alkanes of at least 4 members (excludes halogenated alkanes) is 2. The van der Waals surface area contributed by atoms with Crippen LogP contribution in [0.3, 0.4) is 0 Å². The zero-order valence-electron chi connectivity index (χ0n) is 15.4. The minimum Gasteiger partial charge on any atom is -0.494 e. The van der Waals surface area contributed by atoms with Gasteiger partial charge in [-0.2, -0.15) is 5.10 Å². The maximum Gasteiger partial charge on any atom is 0.329 e. The molecule has 2 rings (SSSR count). The molecule has 0 bridgehead atoms. The van der Waals surface area contributed by atoms with Crippen molar-refractivity contribution in [1.82, 2.24) is 5.43 Å². The number of nitrogens with zero attached hydrogens (tertiary/aromatic N) is 1. The topological polar surface area (TPSA) is 79.8 Å². The summed E-state index contributed by atoms with van der Waals surface area (Å²) in [6.45, 7) is 2.78. The molecule has 0 heterocycles. The summed E-state index contributed by atoms with van der Waals surface area (Å²) in [5.41, 5.74) is 3.13. The normalized spacial score (nSPS) is 10.7. The first-order valence-electron chi connectivity index (χ1n) is 8.82. The molecule has 0 radical (unpaired) electrons. The predicted octanol–water partition coefficient (Wildman–Crippen LogP) is 4.65. The van der Waals surface area contributed by atoms with E-state index in [2.05, 4.69) is 22.8 Å². The molecular weight excluding hydrogens is 401 g/mol. The molecule has 2 aromatic carbocycles. The number of halogens is 2. The Balaban J connectivity index is 1.82. The van der Waals surface area contributed by atoms with Crippen LogP contribution in [0.4, 0.5) is 5.69 Å². The van der Waals surface area contributed by atoms with E-state index >= 15 is 0 Å². The Hall–Kier alpha value is -2.57. The molecule has 0 atom stereocenters. The number of amides is 2. The van der Waals surface area contributed by atoms with E-state index in [1.807, 2.05) is 0 Å². The summed E-state index contributed by atoms with van der Waals surface area (Å²) in [5, 5.41) is 6.88. The largest absolute Gasteiger partial charge is 0.494 e. The Kier molecular flexibility index (Phi) is 8.78. The van der Waals surface area contributed by atoms with Crippen LogP contribution < -0.4 is 15.5 Å². The van der Waals surface area contributed by atoms with E-state index in [1.165, 1.54) is 6.21 Å². The number of rotatable bonds is 8. The van der Waals surface area contributed by atoms with Crippen LogP contribution in [-0.4, -0.2) is 24.6 Å². The number of carbonyl (C=O) groups is 2. The summed E-state index contributed by atoms with van der Waals surface area (Å²) in [4.78, 5) is 23.8. The van der Waals surface area contributed by atoms with Gasteiger partial charge in [-0.05, 0) is 36.8 Å². The smallest absolute Gasteiger partial charge is 0.329 e. The molecule has 8 heteroatoms. The third-order valence-corrected chi connectivity index (χ3v) is 4.52. The molecule has 0 saturated heterocycles. The first-order chi connectivity index (χ1) is 13.5. The van der Waals surface area contributed by atoms with Crippen LogP contribution in [0.5, 0.6) is 5.75 Å². The van der Waals surface area contributed by atoms with Crippen molar-refractivity contribution >= 4 is 46.9 Å². The highest BCUT2D eigenvalue weighted by atomic mass is 35.5. The monoisotopic (exact) mass is 421 g/mol. The van der Waals surface area contributed by atoms with Gasteiger partial charge in [-0.25, -0.2) is 5.43 Å². The van der Waals surface area contributed by atoms with Gasteiger partial charge in [0.2, 0.25) is 0 Å². The van der Waals surface area contributed by atoms with E-state index in [9.17, 15) is 9.59 Å². The van der Waals surface area contributed by atoms with Crippen LogP contribution in [0.1, 0.15) is 31.7 Å². The minimum absolute atomic E-state index is 0.309. The number of carbonyl (C=O) groups excluding carboxylic acids is 2. The summed E-state index contributed by atoms with van der Waals surface area (Å²) in [6, 6.07) is 11.8. The molecular formula is C20H21Cl2N3O3. The number of nitrogens with one attached hydrogen (secondary N) is 2. The second-order valence-corrected chi connectivity index (χ2v) is 6.66. The molecule has 2 aromatic rings. The van der Waals surface area contributed by atoms with E-state index in [0.29, 0.717) is 33.7 Å². The highest BCUT2D eigenvalue weighted by molar-refractivity contribution is 6.43. The number of benzene rings is 2. The van der Waals surface area contributed by atoms with Gasteiger partial charge >= 0.3 is 11.8 Å². The molecule has 2 N–H and O–H groups in total. The Morgan fingerprint density at radius 3 is 2.54 bits per heavy atom. The van der Waals surface area contributed by atoms with Gasteiger partial charge in [0.25, 0.3) is 0 Å². The van der Waals surface area contributed by atoms with E-state index in [1.54, 1.807) is 42.5 Å². The van der Waals surface area contributed by atoms with Gasteiger partial charge in [0.05, 0.1) is 22.9 Å². The first kappa shape index (κ1) is 21.7. The number of hydrogen-bond donors (Lipinski definition) is 2. The quantitative estimate of drug-likeness (QED) is 0.281. The fourth-order valence-corrected chi connectivity index (χ4v) is 2.55. The van der Waals surface area contributed by atoms with Crippen LogP contribution in [-0.2, 0) is 9.59 Å². The predicted molar refractivity (Wildman–Crippen MR) is 112 cm³/mol. The molecule has 2 amide bonds. The zero-order valence-corrected chi connectivity index (χ0v) is 16.9. The number of hydrogen-bond acceptors (Lipinski definition) is 4. The molecule has 0 aliphatic carbocycles. The van der Waals surface area contributed by atoms with Gasteiger partial charge in [0.15, 0.2) is 0 Å². The van der Waals surface area contributed by atoms with Gasteiger partial charge in [0.1, 0.15) is 5.75 Å². The van der Waals surface area contributed by atoms with Crippen molar-refractivity contribution in [2.45, 2.75) is 26.2 Å². The second kappa shape index (κ2) is 11.3. The van der Waals surface area contributed by atoms with Crippen molar-refractivity contribution < 1.29 is 14.3 Å². The third-order valence-electron chi connectivity index (χ3n) is 3.69. The standard InChI is InChI=1S/C20H21Cl2N3O3/c1-2-3-4-12-28-16-10-8-15(9-11-16)24-19(26)20(27)25-23-13-14-6-5-7-17(21)18(14)22/h5-11,13H,2-4,12H2,1H3,(H,24,26)(H,25,27)/b23-13+. The SMILES string of the molecule is CCCCCOc1ccc(NC(=O)C(=O)N/N=C/c2cccc(Cl)c2Cl)cc1. The van der Waals surface area contributed by atoms with Gasteiger partial charge in [0, 0.05) is 11.3 Å². The lowest BCUT2D eigenvalue weighted by Crippen LogP contribution is -2.32. The summed E-state index contributed by atoms with van der Waals surface area (Å²) in [6.07, 6.45) is 4.56. The van der Waals surface area contributed by atoms with Crippen LogP contribution in [0.25, 0.3) is 0 Å². The summed E-state index contributed by atoms with van der Waals surface area (Å²) >= 11 is 11.9. The lowest BCUT2D eigenvalue weighted by atomic mass is 10.2. The number of hydrazone groups is 1. The number of anilines is 1. The summed E-state index contributed by atoms with van der Waals surface area (Å²) < 4.78 is 5.60. The van der Waals surface area contributed by atoms with Gasteiger partial charge < -0.3 is 10.1 Å². The molecule has 0 aliphatic rings. The first-order valence-corrected chi connectivity index (χ1v) is 9.58. The Morgan fingerprint density at radius 2 is 1.82 bits per heavy atom. The molecule has 0 unspecified atom stereocenters. The number of ether oxygens (including phenoxy) is 1. The lowest BCUT2D eigenvalue weighted by molar-refractivity contribution is -0.136. The maximum absolute atomic E-state index is 11.9. The minimum atomic E-state index is -0.908. The van der Waals surface area contributed by atoms with E-state index in [-0.39, 0.29) is 0 Å². The third kappa shape index (κ3) is 6.87. The highest BCUT2D eigenvalue weighted by Crippen LogP contribution is 2.24. The van der Waals surface area contributed by atoms with E-state index in [4.69, 9.17) is 27.9 Å². The lowest BCUT2D eigenvalue weighted by Gasteiger charge is -2.07. The van der Waals surface area contributed by atoms with Crippen molar-refractivity contribution in [2.75, 3.05) is 11.9 Å². The molecule has 0 saturated carbocycles. The molecule has 0 aromatic heterocycles. The van der Waals surface area contributed by atoms with Crippen molar-refractivity contribution in [1.29, 1.82) is 0 Å². The molecule has 148 valence electrons. The van der Waals surface area contributed by atoms with Gasteiger partial charge in [-0.3, -0.25) is 9.59 Å². The van der Waals surface area contributed by atoms with Gasteiger partial charge in [-0.15, -0.1) is 0 Å². The average molecular weight is 422 g/mol. The van der Waals surface area contributed by atoms with Crippen LogP contribution in [0.2, 0.25) is 10.0 Å². The van der Waals surface area contributed by atoms with E-state index in [0.717, 1.165) is 19.3 Å². The Bertz CT molecular complexity index is 839. The fraction of sp³-hybridized carbons (Fsp3) is 0.250. The Labute approximate surface area is 173 Å². The summed E-state index contributed by atoms with van der Waals surface area (Å²) in [5.74, 6) is -1.04. The zero-order chi connectivity index (χ0) is 20.4. The van der Waals surface area contributed by atoms with Crippen molar-refractivity contribution in [2.24, 2.45) is 5.10 Å². The molecule has 0 spiro atoms. The average Bonchev–Trinajstić information content (AvgIpc) is 2.69. The maximum atomic E-state index is 11.9. The molecule has 0 fully saturated rings. The molecule has 28 heavy (non-hydrogen) atoms. The van der Waals surface area contributed by atoms with E-state index < -0.39 is 11.8 Å². The highest BCUT2D eigenvalue weighted by Gasteiger charge is 2.13. The summed E-state index contributed by atoms with van der Waals surface area (Å²) in [7, 11) is 0. The fourth-order valence-electron chi connectivity index (χ4n) is 2.20. The van der Waals surface area contributed by atoms with Crippen LogP contribution in [0.15, 0.2) is 47.6 Å². The van der Waals surface area contributed by atoms with Crippen molar-refractivity contribution in [3.8, 4) is 5.75 Å². The van der Waals surface area contributed by atoms with Crippen LogP contribution in [0, 0.1) is 0 Å². The van der Waals surface area contributed by atoms with Crippen molar-refractivity contribution in [3.63, 3.8) is 0 Å². The molecule has 0 aliphatic heterocycles.